The molecule has 1 N–H and O–H groups in total. The van der Waals surface area contributed by atoms with Crippen LogP contribution >= 0.6 is 23.4 Å². The van der Waals surface area contributed by atoms with E-state index in [2.05, 4.69) is 22.4 Å². The third kappa shape index (κ3) is 4.21. The quantitative estimate of drug-likeness (QED) is 0.719. The number of halogens is 1. The lowest BCUT2D eigenvalue weighted by Crippen LogP contribution is -2.12. The van der Waals surface area contributed by atoms with Gasteiger partial charge in [0.1, 0.15) is 6.33 Å². The molecule has 3 rings (SSSR count). The van der Waals surface area contributed by atoms with Crippen molar-refractivity contribution in [1.29, 1.82) is 0 Å². The predicted molar refractivity (Wildman–Crippen MR) is 100 cm³/mol. The lowest BCUT2D eigenvalue weighted by molar-refractivity contribution is 0.102. The fraction of sp³-hybridized carbons (Fsp3) is 0.167. The molecule has 0 unspecified atom stereocenters. The molecule has 0 bridgehead atoms. The highest BCUT2D eigenvalue weighted by Crippen LogP contribution is 2.34. The Labute approximate surface area is 155 Å². The standard InChI is InChI=1S/C18H17ClN4OS/c1-3-12-4-6-13(7-5-12)17(24)21-15-10-14(19)8-9-16(15)25-18-22-20-11-23(18)2/h4-11H,3H2,1-2H3,(H,21,24). The molecule has 0 atom stereocenters. The van der Waals surface area contributed by atoms with Crippen molar-refractivity contribution in [2.75, 3.05) is 5.32 Å². The Balaban J connectivity index is 1.84. The number of rotatable bonds is 5. The van der Waals surface area contributed by atoms with E-state index in [1.807, 2.05) is 41.9 Å². The van der Waals surface area contributed by atoms with Crippen molar-refractivity contribution in [3.8, 4) is 0 Å². The molecule has 3 aromatic rings. The van der Waals surface area contributed by atoms with Crippen LogP contribution in [0.2, 0.25) is 5.02 Å². The Morgan fingerprint density at radius 1 is 1.24 bits per heavy atom. The first kappa shape index (κ1) is 17.5. The van der Waals surface area contributed by atoms with Gasteiger partial charge >= 0.3 is 0 Å². The monoisotopic (exact) mass is 372 g/mol. The molecule has 0 aliphatic heterocycles. The molecule has 0 fully saturated rings. The lowest BCUT2D eigenvalue weighted by atomic mass is 10.1. The van der Waals surface area contributed by atoms with Crippen molar-refractivity contribution < 1.29 is 4.79 Å². The van der Waals surface area contributed by atoms with Gasteiger partial charge in [-0.1, -0.05) is 30.7 Å². The van der Waals surface area contributed by atoms with Crippen molar-refractivity contribution in [2.24, 2.45) is 7.05 Å². The first-order valence-corrected chi connectivity index (χ1v) is 8.98. The van der Waals surface area contributed by atoms with Gasteiger partial charge in [0.15, 0.2) is 5.16 Å². The number of aryl methyl sites for hydroxylation is 2. The van der Waals surface area contributed by atoms with Crippen LogP contribution in [0.5, 0.6) is 0 Å². The summed E-state index contributed by atoms with van der Waals surface area (Å²) in [5.74, 6) is -0.176. The van der Waals surface area contributed by atoms with Gasteiger partial charge in [0.25, 0.3) is 5.91 Å². The molecule has 5 nitrogen and oxygen atoms in total. The summed E-state index contributed by atoms with van der Waals surface area (Å²) in [4.78, 5) is 13.4. The van der Waals surface area contributed by atoms with Crippen molar-refractivity contribution in [3.05, 3.63) is 64.9 Å². The number of hydrogen-bond acceptors (Lipinski definition) is 4. The lowest BCUT2D eigenvalue weighted by Gasteiger charge is -2.11. The molecule has 1 amide bonds. The second kappa shape index (κ2) is 7.72. The molecule has 0 spiro atoms. The van der Waals surface area contributed by atoms with Crippen molar-refractivity contribution in [2.45, 2.75) is 23.4 Å². The van der Waals surface area contributed by atoms with E-state index in [4.69, 9.17) is 11.6 Å². The van der Waals surface area contributed by atoms with Crippen molar-refractivity contribution in [1.82, 2.24) is 14.8 Å². The molecule has 1 heterocycles. The Morgan fingerprint density at radius 3 is 2.64 bits per heavy atom. The SMILES string of the molecule is CCc1ccc(C(=O)Nc2cc(Cl)ccc2Sc2nncn2C)cc1. The van der Waals surface area contributed by atoms with Crippen molar-refractivity contribution in [3.63, 3.8) is 0 Å². The second-order valence-electron chi connectivity index (χ2n) is 5.47. The van der Waals surface area contributed by atoms with Gasteiger partial charge in [-0.2, -0.15) is 0 Å². The molecule has 25 heavy (non-hydrogen) atoms. The average Bonchev–Trinajstić information content (AvgIpc) is 3.02. The van der Waals surface area contributed by atoms with E-state index in [9.17, 15) is 4.79 Å². The van der Waals surface area contributed by atoms with E-state index in [0.717, 1.165) is 16.5 Å². The van der Waals surface area contributed by atoms with Crippen LogP contribution in [0.4, 0.5) is 5.69 Å². The average molecular weight is 373 g/mol. The molecule has 0 aliphatic carbocycles. The maximum atomic E-state index is 12.5. The minimum Gasteiger partial charge on any atom is -0.321 e. The summed E-state index contributed by atoms with van der Waals surface area (Å²) in [7, 11) is 1.87. The molecule has 2 aromatic carbocycles. The number of anilines is 1. The molecule has 0 aliphatic rings. The maximum Gasteiger partial charge on any atom is 0.255 e. The normalized spacial score (nSPS) is 10.7. The van der Waals surface area contributed by atoms with Gasteiger partial charge in [-0.25, -0.2) is 0 Å². The summed E-state index contributed by atoms with van der Waals surface area (Å²) in [6, 6.07) is 13.0. The zero-order chi connectivity index (χ0) is 17.8. The first-order chi connectivity index (χ1) is 12.1. The summed E-state index contributed by atoms with van der Waals surface area (Å²) in [5.41, 5.74) is 2.44. The van der Waals surface area contributed by atoms with Gasteiger partial charge in [0, 0.05) is 22.5 Å². The van der Waals surface area contributed by atoms with E-state index >= 15 is 0 Å². The fourth-order valence-electron chi connectivity index (χ4n) is 2.24. The number of aromatic nitrogens is 3. The minimum absolute atomic E-state index is 0.176. The summed E-state index contributed by atoms with van der Waals surface area (Å²) in [5, 5.41) is 12.1. The summed E-state index contributed by atoms with van der Waals surface area (Å²) in [6.07, 6.45) is 2.57. The zero-order valence-electron chi connectivity index (χ0n) is 13.9. The maximum absolute atomic E-state index is 12.5. The highest BCUT2D eigenvalue weighted by Gasteiger charge is 2.13. The van der Waals surface area contributed by atoms with Gasteiger partial charge < -0.3 is 9.88 Å². The van der Waals surface area contributed by atoms with Crippen LogP contribution in [0.15, 0.2) is 58.8 Å². The minimum atomic E-state index is -0.176. The van der Waals surface area contributed by atoms with E-state index < -0.39 is 0 Å². The van der Waals surface area contributed by atoms with Crippen LogP contribution in [0.1, 0.15) is 22.8 Å². The van der Waals surface area contributed by atoms with E-state index in [-0.39, 0.29) is 5.91 Å². The Bertz CT molecular complexity index is 892. The molecule has 128 valence electrons. The third-order valence-corrected chi connectivity index (χ3v) is 5.05. The topological polar surface area (TPSA) is 59.8 Å². The summed E-state index contributed by atoms with van der Waals surface area (Å²) < 4.78 is 1.81. The van der Waals surface area contributed by atoms with E-state index in [1.54, 1.807) is 18.5 Å². The molecule has 0 saturated carbocycles. The van der Waals surface area contributed by atoms with Crippen LogP contribution in [0.25, 0.3) is 0 Å². The van der Waals surface area contributed by atoms with Gasteiger partial charge in [0.05, 0.1) is 5.69 Å². The smallest absolute Gasteiger partial charge is 0.255 e. The Morgan fingerprint density at radius 2 is 2.00 bits per heavy atom. The van der Waals surface area contributed by atoms with Crippen LogP contribution in [-0.4, -0.2) is 20.7 Å². The molecular weight excluding hydrogens is 356 g/mol. The number of hydrogen-bond donors (Lipinski definition) is 1. The second-order valence-corrected chi connectivity index (χ2v) is 6.92. The molecule has 7 heteroatoms. The number of nitrogens with one attached hydrogen (secondary N) is 1. The number of carbonyl (C=O) groups excluding carboxylic acids is 1. The number of carbonyl (C=O) groups is 1. The highest BCUT2D eigenvalue weighted by molar-refractivity contribution is 7.99. The largest absolute Gasteiger partial charge is 0.321 e. The molecular formula is C18H17ClN4OS. The predicted octanol–water partition coefficient (Wildman–Crippen LogP) is 4.43. The molecule has 1 aromatic heterocycles. The van der Waals surface area contributed by atoms with E-state index in [1.165, 1.54) is 17.3 Å². The van der Waals surface area contributed by atoms with Crippen molar-refractivity contribution >= 4 is 35.0 Å². The number of amides is 1. The van der Waals surface area contributed by atoms with Crippen LogP contribution in [-0.2, 0) is 13.5 Å². The zero-order valence-corrected chi connectivity index (χ0v) is 15.4. The van der Waals surface area contributed by atoms with E-state index in [0.29, 0.717) is 16.3 Å². The number of nitrogens with zero attached hydrogens (tertiary/aromatic N) is 3. The van der Waals surface area contributed by atoms with Gasteiger partial charge in [-0.3, -0.25) is 4.79 Å². The van der Waals surface area contributed by atoms with Gasteiger partial charge in [-0.15, -0.1) is 10.2 Å². The molecule has 0 radical (unpaired) electrons. The third-order valence-electron chi connectivity index (χ3n) is 3.69. The first-order valence-electron chi connectivity index (χ1n) is 7.78. The van der Waals surface area contributed by atoms with Crippen LogP contribution in [0, 0.1) is 0 Å². The highest BCUT2D eigenvalue weighted by atomic mass is 35.5. The van der Waals surface area contributed by atoms with Gasteiger partial charge in [-0.05, 0) is 54.1 Å². The Kier molecular flexibility index (Phi) is 5.40. The molecule has 0 saturated heterocycles. The Hall–Kier alpha value is -2.31. The summed E-state index contributed by atoms with van der Waals surface area (Å²) in [6.45, 7) is 2.08. The van der Waals surface area contributed by atoms with Crippen LogP contribution < -0.4 is 5.32 Å². The van der Waals surface area contributed by atoms with Crippen LogP contribution in [0.3, 0.4) is 0 Å². The fourth-order valence-corrected chi connectivity index (χ4v) is 3.24. The van der Waals surface area contributed by atoms with Gasteiger partial charge in [0.2, 0.25) is 0 Å². The summed E-state index contributed by atoms with van der Waals surface area (Å²) >= 11 is 7.52. The number of benzene rings is 2.